The molecular formula is C20H24N2O3. The number of hydrogen-bond acceptors (Lipinski definition) is 3. The maximum absolute atomic E-state index is 12.0. The third kappa shape index (κ3) is 5.95. The number of nitrogens with one attached hydrogen (secondary N) is 1. The van der Waals surface area contributed by atoms with Crippen LogP contribution in [0.15, 0.2) is 54.6 Å². The van der Waals surface area contributed by atoms with E-state index in [1.165, 1.54) is 6.92 Å². The Kier molecular flexibility index (Phi) is 7.01. The predicted molar refractivity (Wildman–Crippen MR) is 98.8 cm³/mol. The molecule has 0 unspecified atom stereocenters. The number of hydrogen-bond donors (Lipinski definition) is 1. The fourth-order valence-corrected chi connectivity index (χ4v) is 2.53. The predicted octanol–water partition coefficient (Wildman–Crippen LogP) is 2.80. The van der Waals surface area contributed by atoms with Crippen molar-refractivity contribution in [2.75, 3.05) is 25.1 Å². The summed E-state index contributed by atoms with van der Waals surface area (Å²) < 4.78 is 5.12. The van der Waals surface area contributed by atoms with E-state index < -0.39 is 0 Å². The van der Waals surface area contributed by atoms with Gasteiger partial charge in [-0.15, -0.1) is 0 Å². The van der Waals surface area contributed by atoms with Crippen molar-refractivity contribution in [3.05, 3.63) is 60.2 Å². The Morgan fingerprint density at radius 2 is 1.72 bits per heavy atom. The quantitative estimate of drug-likeness (QED) is 0.804. The van der Waals surface area contributed by atoms with Gasteiger partial charge in [0, 0.05) is 32.1 Å². The standard InChI is InChI=1S/C20H24N2O3/c1-16(23)22(18-9-11-19(25-2)12-10-18)15-14-21-20(24)13-8-17-6-4-3-5-7-17/h3-7,9-12H,8,13-15H2,1-2H3,(H,21,24). The van der Waals surface area contributed by atoms with E-state index in [0.29, 0.717) is 25.9 Å². The van der Waals surface area contributed by atoms with E-state index in [9.17, 15) is 9.59 Å². The molecule has 2 amide bonds. The Morgan fingerprint density at radius 1 is 1.04 bits per heavy atom. The van der Waals surface area contributed by atoms with Crippen molar-refractivity contribution in [1.29, 1.82) is 0 Å². The lowest BCUT2D eigenvalue weighted by Crippen LogP contribution is -2.37. The SMILES string of the molecule is COc1ccc(N(CCNC(=O)CCc2ccccc2)C(C)=O)cc1. The van der Waals surface area contributed by atoms with Crippen LogP contribution in [0.2, 0.25) is 0 Å². The maximum Gasteiger partial charge on any atom is 0.223 e. The molecule has 5 heteroatoms. The van der Waals surface area contributed by atoms with Crippen molar-refractivity contribution in [3.8, 4) is 5.75 Å². The summed E-state index contributed by atoms with van der Waals surface area (Å²) in [5.41, 5.74) is 1.92. The zero-order chi connectivity index (χ0) is 18.1. The van der Waals surface area contributed by atoms with Crippen molar-refractivity contribution in [2.24, 2.45) is 0 Å². The Balaban J connectivity index is 1.80. The van der Waals surface area contributed by atoms with E-state index in [1.54, 1.807) is 12.0 Å². The average Bonchev–Trinajstić information content (AvgIpc) is 2.64. The molecule has 0 saturated heterocycles. The number of ether oxygens (including phenoxy) is 1. The van der Waals surface area contributed by atoms with Crippen LogP contribution in [-0.2, 0) is 16.0 Å². The fourth-order valence-electron chi connectivity index (χ4n) is 2.53. The lowest BCUT2D eigenvalue weighted by atomic mass is 10.1. The summed E-state index contributed by atoms with van der Waals surface area (Å²) >= 11 is 0. The number of amides is 2. The monoisotopic (exact) mass is 340 g/mol. The van der Waals surface area contributed by atoms with E-state index >= 15 is 0 Å². The molecule has 0 aliphatic rings. The van der Waals surface area contributed by atoms with Crippen LogP contribution in [-0.4, -0.2) is 32.0 Å². The first kappa shape index (κ1) is 18.5. The highest BCUT2D eigenvalue weighted by atomic mass is 16.5. The molecule has 0 aromatic heterocycles. The molecule has 1 N–H and O–H groups in total. The molecule has 0 saturated carbocycles. The first-order valence-electron chi connectivity index (χ1n) is 8.33. The fraction of sp³-hybridized carbons (Fsp3) is 0.300. The topological polar surface area (TPSA) is 58.6 Å². The van der Waals surface area contributed by atoms with E-state index in [1.807, 2.05) is 54.6 Å². The number of rotatable bonds is 8. The zero-order valence-corrected chi connectivity index (χ0v) is 14.7. The highest BCUT2D eigenvalue weighted by Gasteiger charge is 2.12. The molecule has 0 aliphatic carbocycles. The first-order valence-corrected chi connectivity index (χ1v) is 8.33. The molecule has 0 spiro atoms. The summed E-state index contributed by atoms with van der Waals surface area (Å²) in [6.07, 6.45) is 1.15. The summed E-state index contributed by atoms with van der Waals surface area (Å²) in [5.74, 6) is 0.659. The van der Waals surface area contributed by atoms with Crippen LogP contribution in [0.3, 0.4) is 0 Å². The maximum atomic E-state index is 12.0. The number of anilines is 1. The molecule has 5 nitrogen and oxygen atoms in total. The van der Waals surface area contributed by atoms with Crippen molar-refractivity contribution < 1.29 is 14.3 Å². The second-order valence-corrected chi connectivity index (χ2v) is 5.70. The van der Waals surface area contributed by atoms with Crippen LogP contribution in [0.1, 0.15) is 18.9 Å². The lowest BCUT2D eigenvalue weighted by Gasteiger charge is -2.21. The Hall–Kier alpha value is -2.82. The van der Waals surface area contributed by atoms with Gasteiger partial charge < -0.3 is 15.0 Å². The van der Waals surface area contributed by atoms with Crippen molar-refractivity contribution >= 4 is 17.5 Å². The molecular weight excluding hydrogens is 316 g/mol. The van der Waals surface area contributed by atoms with Crippen LogP contribution in [0.4, 0.5) is 5.69 Å². The molecule has 2 aromatic carbocycles. The molecule has 0 aliphatic heterocycles. The van der Waals surface area contributed by atoms with E-state index in [4.69, 9.17) is 4.74 Å². The van der Waals surface area contributed by atoms with E-state index in [-0.39, 0.29) is 11.8 Å². The van der Waals surface area contributed by atoms with Gasteiger partial charge in [0.2, 0.25) is 11.8 Å². The second kappa shape index (κ2) is 9.47. The summed E-state index contributed by atoms with van der Waals surface area (Å²) in [4.78, 5) is 25.5. The number of carbonyl (C=O) groups excluding carboxylic acids is 2. The van der Waals surface area contributed by atoms with Gasteiger partial charge in [-0.2, -0.15) is 0 Å². The molecule has 0 radical (unpaired) electrons. The van der Waals surface area contributed by atoms with Gasteiger partial charge >= 0.3 is 0 Å². The third-order valence-corrected chi connectivity index (χ3v) is 3.91. The van der Waals surface area contributed by atoms with Gasteiger partial charge in [0.1, 0.15) is 5.75 Å². The van der Waals surface area contributed by atoms with Gasteiger partial charge in [-0.05, 0) is 36.2 Å². The molecule has 0 bridgehead atoms. The van der Waals surface area contributed by atoms with Crippen molar-refractivity contribution in [2.45, 2.75) is 19.8 Å². The summed E-state index contributed by atoms with van der Waals surface area (Å²) in [6.45, 7) is 2.36. The summed E-state index contributed by atoms with van der Waals surface area (Å²) in [6, 6.07) is 17.2. The molecule has 25 heavy (non-hydrogen) atoms. The average molecular weight is 340 g/mol. The second-order valence-electron chi connectivity index (χ2n) is 5.70. The van der Waals surface area contributed by atoms with Gasteiger partial charge in [-0.1, -0.05) is 30.3 Å². The Bertz CT molecular complexity index is 684. The number of nitrogens with zero attached hydrogens (tertiary/aromatic N) is 1. The van der Waals surface area contributed by atoms with Crippen LogP contribution >= 0.6 is 0 Å². The van der Waals surface area contributed by atoms with Gasteiger partial charge in [-0.25, -0.2) is 0 Å². The van der Waals surface area contributed by atoms with E-state index in [2.05, 4.69) is 5.32 Å². The molecule has 2 rings (SSSR count). The van der Waals surface area contributed by atoms with Crippen LogP contribution < -0.4 is 15.0 Å². The summed E-state index contributed by atoms with van der Waals surface area (Å²) in [5, 5.41) is 2.87. The van der Waals surface area contributed by atoms with E-state index in [0.717, 1.165) is 17.0 Å². The minimum atomic E-state index is -0.0660. The summed E-state index contributed by atoms with van der Waals surface area (Å²) in [7, 11) is 1.60. The Morgan fingerprint density at radius 3 is 2.32 bits per heavy atom. The highest BCUT2D eigenvalue weighted by Crippen LogP contribution is 2.19. The third-order valence-electron chi connectivity index (χ3n) is 3.91. The minimum Gasteiger partial charge on any atom is -0.497 e. The van der Waals surface area contributed by atoms with Gasteiger partial charge in [0.05, 0.1) is 7.11 Å². The first-order chi connectivity index (χ1) is 12.1. The molecule has 0 heterocycles. The van der Waals surface area contributed by atoms with Crippen molar-refractivity contribution in [1.82, 2.24) is 5.32 Å². The van der Waals surface area contributed by atoms with Crippen LogP contribution in [0.5, 0.6) is 5.75 Å². The molecule has 132 valence electrons. The lowest BCUT2D eigenvalue weighted by molar-refractivity contribution is -0.121. The minimum absolute atomic E-state index is 0.0120. The van der Waals surface area contributed by atoms with Gasteiger partial charge in [0.15, 0.2) is 0 Å². The smallest absolute Gasteiger partial charge is 0.223 e. The number of aryl methyl sites for hydroxylation is 1. The zero-order valence-electron chi connectivity index (χ0n) is 14.7. The largest absolute Gasteiger partial charge is 0.497 e. The molecule has 0 fully saturated rings. The normalized spacial score (nSPS) is 10.2. The van der Waals surface area contributed by atoms with Crippen LogP contribution in [0, 0.1) is 0 Å². The number of methoxy groups -OCH3 is 1. The van der Waals surface area contributed by atoms with Gasteiger partial charge in [0.25, 0.3) is 0 Å². The number of benzene rings is 2. The van der Waals surface area contributed by atoms with Crippen LogP contribution in [0.25, 0.3) is 0 Å². The van der Waals surface area contributed by atoms with Gasteiger partial charge in [-0.3, -0.25) is 9.59 Å². The number of carbonyl (C=O) groups is 2. The molecule has 2 aromatic rings. The van der Waals surface area contributed by atoms with Crippen molar-refractivity contribution in [3.63, 3.8) is 0 Å². The molecule has 0 atom stereocenters. The Labute approximate surface area is 148 Å². The highest BCUT2D eigenvalue weighted by molar-refractivity contribution is 5.91.